The van der Waals surface area contributed by atoms with E-state index in [2.05, 4.69) is 20.2 Å². The molecule has 0 unspecified atom stereocenters. The van der Waals surface area contributed by atoms with Gasteiger partial charge in [-0.3, -0.25) is 19.7 Å². The first kappa shape index (κ1) is 24.8. The van der Waals surface area contributed by atoms with Crippen LogP contribution in [0.15, 0.2) is 59.5 Å². The van der Waals surface area contributed by atoms with Crippen molar-refractivity contribution >= 4 is 29.5 Å². The summed E-state index contributed by atoms with van der Waals surface area (Å²) in [6, 6.07) is 9.70. The monoisotopic (exact) mass is 477 g/mol. The van der Waals surface area contributed by atoms with Crippen molar-refractivity contribution in [2.75, 3.05) is 38.2 Å². The quantitative estimate of drug-likeness (QED) is 0.423. The predicted octanol–water partition coefficient (Wildman–Crippen LogP) is 3.83. The van der Waals surface area contributed by atoms with E-state index >= 15 is 0 Å². The van der Waals surface area contributed by atoms with Crippen molar-refractivity contribution in [1.29, 1.82) is 0 Å². The van der Waals surface area contributed by atoms with Gasteiger partial charge in [0.2, 0.25) is 0 Å². The molecule has 184 valence electrons. The normalized spacial score (nSPS) is 18.6. The Balaban J connectivity index is 1.40. The zero-order chi connectivity index (χ0) is 24.7. The van der Waals surface area contributed by atoms with Crippen molar-refractivity contribution in [2.45, 2.75) is 32.0 Å². The highest BCUT2D eigenvalue weighted by Crippen LogP contribution is 2.39. The van der Waals surface area contributed by atoms with Crippen LogP contribution in [-0.2, 0) is 16.1 Å². The fourth-order valence-corrected chi connectivity index (χ4v) is 3.83. The predicted molar refractivity (Wildman–Crippen MR) is 138 cm³/mol. The summed E-state index contributed by atoms with van der Waals surface area (Å²) in [5, 5.41) is 2.94. The molecule has 2 fully saturated rings. The molecule has 4 rings (SSSR count). The van der Waals surface area contributed by atoms with E-state index in [1.54, 1.807) is 37.7 Å². The van der Waals surface area contributed by atoms with Crippen LogP contribution in [-0.4, -0.2) is 60.5 Å². The number of allylic oxidation sites excluding steroid dienone is 1. The number of hydrogen-bond donors (Lipinski definition) is 2. The van der Waals surface area contributed by atoms with Crippen LogP contribution in [0.4, 0.5) is 10.1 Å². The van der Waals surface area contributed by atoms with Crippen molar-refractivity contribution in [1.82, 2.24) is 9.88 Å². The molecule has 1 saturated heterocycles. The number of nitrogens with two attached hydrogens (primary N) is 1. The number of anilines is 1. The maximum atomic E-state index is 13.9. The van der Waals surface area contributed by atoms with Gasteiger partial charge in [-0.05, 0) is 55.2 Å². The number of aliphatic imine (C=N–C) groups is 1. The smallest absolute Gasteiger partial charge is 0.251 e. The molecule has 1 aromatic heterocycles. The lowest BCUT2D eigenvalue weighted by molar-refractivity contribution is -0.112. The molecule has 1 aliphatic heterocycles. The molecule has 0 radical (unpaired) electrons. The lowest BCUT2D eigenvalue weighted by Crippen LogP contribution is -2.35. The van der Waals surface area contributed by atoms with E-state index in [0.29, 0.717) is 24.0 Å². The summed E-state index contributed by atoms with van der Waals surface area (Å²) in [5.74, 6) is -0.208. The number of halogens is 1. The summed E-state index contributed by atoms with van der Waals surface area (Å²) in [6.45, 7) is 6.15. The molecule has 7 nitrogen and oxygen atoms in total. The number of morpholine rings is 1. The number of ether oxygens (including phenoxy) is 1. The first-order valence-electron chi connectivity index (χ1n) is 11.9. The molecule has 0 atom stereocenters. The van der Waals surface area contributed by atoms with Gasteiger partial charge >= 0.3 is 0 Å². The van der Waals surface area contributed by atoms with Gasteiger partial charge in [0.1, 0.15) is 5.67 Å². The maximum absolute atomic E-state index is 13.9. The molecule has 1 amide bonds. The SMILES string of the molecule is C/C(=C/c1cnccc1C(C=NCC1(F)CC1)=CN)C(=O)Nc1ccc(CN2CCOCC2)cc1. The summed E-state index contributed by atoms with van der Waals surface area (Å²) in [7, 11) is 0. The van der Waals surface area contributed by atoms with E-state index in [4.69, 9.17) is 10.5 Å². The summed E-state index contributed by atoms with van der Waals surface area (Å²) in [4.78, 5) is 23.6. The number of benzene rings is 1. The minimum atomic E-state index is -1.16. The lowest BCUT2D eigenvalue weighted by atomic mass is 10.0. The molecule has 2 aromatic rings. The molecule has 1 aliphatic carbocycles. The van der Waals surface area contributed by atoms with Gasteiger partial charge in [0.25, 0.3) is 5.91 Å². The molecule has 35 heavy (non-hydrogen) atoms. The Hall–Kier alpha value is -3.36. The number of rotatable bonds is 9. The highest BCUT2D eigenvalue weighted by atomic mass is 19.1. The summed E-state index contributed by atoms with van der Waals surface area (Å²) in [5.41, 5.74) is 9.26. The number of carbonyl (C=O) groups is 1. The van der Waals surface area contributed by atoms with Gasteiger partial charge in [0.15, 0.2) is 0 Å². The highest BCUT2D eigenvalue weighted by Gasteiger charge is 2.42. The van der Waals surface area contributed by atoms with Crippen molar-refractivity contribution in [3.63, 3.8) is 0 Å². The fourth-order valence-electron chi connectivity index (χ4n) is 3.83. The Morgan fingerprint density at radius 2 is 2.00 bits per heavy atom. The second-order valence-electron chi connectivity index (χ2n) is 9.07. The van der Waals surface area contributed by atoms with Crippen LogP contribution in [0.5, 0.6) is 0 Å². The molecule has 1 aromatic carbocycles. The second kappa shape index (κ2) is 11.4. The molecule has 0 spiro atoms. The number of carbonyl (C=O) groups excluding carboxylic acids is 1. The zero-order valence-corrected chi connectivity index (χ0v) is 20.0. The Labute approximate surface area is 205 Å². The molecule has 8 heteroatoms. The van der Waals surface area contributed by atoms with E-state index in [-0.39, 0.29) is 12.5 Å². The van der Waals surface area contributed by atoms with E-state index in [1.807, 2.05) is 24.3 Å². The zero-order valence-electron chi connectivity index (χ0n) is 20.0. The third kappa shape index (κ3) is 7.07. The summed E-state index contributed by atoms with van der Waals surface area (Å²) < 4.78 is 19.3. The topological polar surface area (TPSA) is 92.8 Å². The number of nitrogens with one attached hydrogen (secondary N) is 1. The molecular weight excluding hydrogens is 445 g/mol. The van der Waals surface area contributed by atoms with Crippen LogP contribution in [0.25, 0.3) is 11.6 Å². The first-order valence-corrected chi connectivity index (χ1v) is 11.9. The third-order valence-electron chi connectivity index (χ3n) is 6.19. The minimum Gasteiger partial charge on any atom is -0.404 e. The Bertz CT molecular complexity index is 1120. The number of nitrogens with zero attached hydrogens (tertiary/aromatic N) is 3. The molecule has 0 bridgehead atoms. The molecular formula is C27H32FN5O2. The van der Waals surface area contributed by atoms with E-state index in [1.165, 1.54) is 11.8 Å². The minimum absolute atomic E-state index is 0.132. The van der Waals surface area contributed by atoms with Crippen molar-refractivity contribution in [3.8, 4) is 0 Å². The average Bonchev–Trinajstić information content (AvgIpc) is 3.61. The molecule has 2 aliphatic rings. The average molecular weight is 478 g/mol. The summed E-state index contributed by atoms with van der Waals surface area (Å²) in [6.07, 6.45) is 9.21. The number of alkyl halides is 1. The Kier molecular flexibility index (Phi) is 8.05. The first-order chi connectivity index (χ1) is 17.0. The summed E-state index contributed by atoms with van der Waals surface area (Å²) >= 11 is 0. The van der Waals surface area contributed by atoms with Crippen LogP contribution >= 0.6 is 0 Å². The maximum Gasteiger partial charge on any atom is 0.251 e. The van der Waals surface area contributed by atoms with Gasteiger partial charge in [-0.15, -0.1) is 0 Å². The van der Waals surface area contributed by atoms with E-state index < -0.39 is 5.67 Å². The molecule has 2 heterocycles. The molecule has 1 saturated carbocycles. The Morgan fingerprint density at radius 3 is 2.69 bits per heavy atom. The van der Waals surface area contributed by atoms with E-state index in [9.17, 15) is 9.18 Å². The molecule has 3 N–H and O–H groups in total. The van der Waals surface area contributed by atoms with Gasteiger partial charge in [-0.25, -0.2) is 4.39 Å². The van der Waals surface area contributed by atoms with Crippen molar-refractivity contribution in [2.24, 2.45) is 10.7 Å². The van der Waals surface area contributed by atoms with Gasteiger partial charge in [0.05, 0.1) is 19.8 Å². The largest absolute Gasteiger partial charge is 0.404 e. The van der Waals surface area contributed by atoms with Crippen LogP contribution in [0, 0.1) is 0 Å². The van der Waals surface area contributed by atoms with Gasteiger partial charge < -0.3 is 15.8 Å². The Morgan fingerprint density at radius 1 is 1.26 bits per heavy atom. The van der Waals surface area contributed by atoms with Crippen LogP contribution < -0.4 is 11.1 Å². The van der Waals surface area contributed by atoms with E-state index in [0.717, 1.165) is 49.7 Å². The van der Waals surface area contributed by atoms with Crippen LogP contribution in [0.2, 0.25) is 0 Å². The van der Waals surface area contributed by atoms with Gasteiger partial charge in [-0.1, -0.05) is 12.1 Å². The highest BCUT2D eigenvalue weighted by molar-refractivity contribution is 6.12. The number of amides is 1. The van der Waals surface area contributed by atoms with Crippen LogP contribution in [0.1, 0.15) is 36.5 Å². The number of aromatic nitrogens is 1. The lowest BCUT2D eigenvalue weighted by Gasteiger charge is -2.26. The number of pyridine rings is 1. The third-order valence-corrected chi connectivity index (χ3v) is 6.19. The number of hydrogen-bond acceptors (Lipinski definition) is 6. The standard InChI is InChI=1S/C27H32FN5O2/c1-20(26(34)32-24-4-2-21(3-5-24)18-33-10-12-35-13-11-33)14-22-16-30-9-6-25(22)23(15-29)17-31-19-27(28)7-8-27/h2-6,9,14-17H,7-8,10-13,18-19,29H2,1H3,(H,32,34)/b20-14-,23-15?,31-17?. The van der Waals surface area contributed by atoms with Crippen molar-refractivity contribution in [3.05, 3.63) is 71.2 Å². The van der Waals surface area contributed by atoms with Gasteiger partial charge in [0, 0.05) is 66.8 Å². The van der Waals surface area contributed by atoms with Crippen LogP contribution in [0.3, 0.4) is 0 Å². The van der Waals surface area contributed by atoms with Crippen molar-refractivity contribution < 1.29 is 13.9 Å². The van der Waals surface area contributed by atoms with Gasteiger partial charge in [-0.2, -0.15) is 0 Å². The second-order valence-corrected chi connectivity index (χ2v) is 9.07. The fraction of sp³-hybridized carbons (Fsp3) is 0.370.